The number of rotatable bonds is 1. The van der Waals surface area contributed by atoms with Crippen LogP contribution in [0.5, 0.6) is 0 Å². The van der Waals surface area contributed by atoms with Gasteiger partial charge in [-0.2, -0.15) is 5.26 Å². The Balaban J connectivity index is 2.94. The average Bonchev–Trinajstić information content (AvgIpc) is 2.05. The molecule has 4 heteroatoms. The maximum atomic E-state index is 11.9. The number of pyridine rings is 1. The first-order valence-corrected chi connectivity index (χ1v) is 2.88. The first-order valence-electron chi connectivity index (χ1n) is 2.88. The number of aromatic nitrogens is 1. The van der Waals surface area contributed by atoms with Crippen molar-refractivity contribution >= 4 is 0 Å². The van der Waals surface area contributed by atoms with Crippen LogP contribution in [-0.2, 0) is 0 Å². The van der Waals surface area contributed by atoms with E-state index in [9.17, 15) is 8.78 Å². The first-order chi connectivity index (χ1) is 5.24. The Labute approximate surface area is 62.1 Å². The van der Waals surface area contributed by atoms with E-state index in [0.717, 1.165) is 6.20 Å². The van der Waals surface area contributed by atoms with Crippen molar-refractivity contribution in [2.45, 2.75) is 6.43 Å². The van der Waals surface area contributed by atoms with Crippen LogP contribution in [0.4, 0.5) is 8.78 Å². The van der Waals surface area contributed by atoms with Crippen molar-refractivity contribution in [3.05, 3.63) is 29.6 Å². The summed E-state index contributed by atoms with van der Waals surface area (Å²) in [5.41, 5.74) is -0.0154. The number of alkyl halides is 2. The van der Waals surface area contributed by atoms with Crippen molar-refractivity contribution < 1.29 is 8.78 Å². The van der Waals surface area contributed by atoms with Crippen LogP contribution in [-0.4, -0.2) is 4.98 Å². The van der Waals surface area contributed by atoms with E-state index >= 15 is 0 Å². The van der Waals surface area contributed by atoms with Gasteiger partial charge in [0, 0.05) is 11.8 Å². The highest BCUT2D eigenvalue weighted by atomic mass is 19.3. The van der Waals surface area contributed by atoms with Crippen molar-refractivity contribution in [1.82, 2.24) is 4.98 Å². The van der Waals surface area contributed by atoms with Gasteiger partial charge in [-0.05, 0) is 12.1 Å². The molecule has 0 aliphatic rings. The van der Waals surface area contributed by atoms with E-state index in [-0.39, 0.29) is 11.3 Å². The quantitative estimate of drug-likeness (QED) is 0.619. The molecule has 1 rings (SSSR count). The average molecular weight is 154 g/mol. The van der Waals surface area contributed by atoms with E-state index in [1.54, 1.807) is 6.07 Å². The molecule has 0 saturated heterocycles. The third-order valence-corrected chi connectivity index (χ3v) is 1.15. The number of hydrogen-bond donors (Lipinski definition) is 0. The van der Waals surface area contributed by atoms with Gasteiger partial charge in [-0.25, -0.2) is 13.8 Å². The van der Waals surface area contributed by atoms with Crippen LogP contribution in [0, 0.1) is 11.3 Å². The lowest BCUT2D eigenvalue weighted by atomic mass is 10.3. The van der Waals surface area contributed by atoms with Gasteiger partial charge in [0.05, 0.1) is 0 Å². The second kappa shape index (κ2) is 3.06. The molecule has 0 radical (unpaired) electrons. The van der Waals surface area contributed by atoms with E-state index in [4.69, 9.17) is 5.26 Å². The molecular weight excluding hydrogens is 150 g/mol. The van der Waals surface area contributed by atoms with Gasteiger partial charge in [-0.3, -0.25) is 0 Å². The predicted octanol–water partition coefficient (Wildman–Crippen LogP) is 1.89. The summed E-state index contributed by atoms with van der Waals surface area (Å²) in [6.07, 6.45) is -1.52. The second-order valence-electron chi connectivity index (χ2n) is 1.89. The maximum Gasteiger partial charge on any atom is 0.265 e. The van der Waals surface area contributed by atoms with Gasteiger partial charge in [0.25, 0.3) is 6.43 Å². The Hall–Kier alpha value is -1.50. The summed E-state index contributed by atoms with van der Waals surface area (Å²) in [7, 11) is 0. The molecule has 56 valence electrons. The van der Waals surface area contributed by atoms with E-state index in [1.807, 2.05) is 0 Å². The maximum absolute atomic E-state index is 11.9. The van der Waals surface area contributed by atoms with Crippen molar-refractivity contribution in [3.8, 4) is 6.07 Å². The van der Waals surface area contributed by atoms with Gasteiger partial charge in [0.2, 0.25) is 0 Å². The van der Waals surface area contributed by atoms with Crippen LogP contribution < -0.4 is 0 Å². The molecule has 0 fully saturated rings. The van der Waals surface area contributed by atoms with Gasteiger partial charge < -0.3 is 0 Å². The lowest BCUT2D eigenvalue weighted by Gasteiger charge is -1.95. The van der Waals surface area contributed by atoms with Gasteiger partial charge in [0.1, 0.15) is 11.8 Å². The van der Waals surface area contributed by atoms with Crippen LogP contribution >= 0.6 is 0 Å². The molecule has 11 heavy (non-hydrogen) atoms. The predicted molar refractivity (Wildman–Crippen MR) is 33.9 cm³/mol. The Bertz CT molecular complexity index is 273. The van der Waals surface area contributed by atoms with Crippen LogP contribution in [0.25, 0.3) is 0 Å². The highest BCUT2D eigenvalue weighted by Gasteiger charge is 2.05. The highest BCUT2D eigenvalue weighted by molar-refractivity contribution is 5.23. The summed E-state index contributed by atoms with van der Waals surface area (Å²) in [5.74, 6) is 0. The van der Waals surface area contributed by atoms with E-state index < -0.39 is 6.43 Å². The van der Waals surface area contributed by atoms with Gasteiger partial charge in [-0.1, -0.05) is 0 Å². The molecule has 0 bridgehead atoms. The van der Waals surface area contributed by atoms with Gasteiger partial charge >= 0.3 is 0 Å². The zero-order valence-corrected chi connectivity index (χ0v) is 5.46. The van der Waals surface area contributed by atoms with Gasteiger partial charge in [-0.15, -0.1) is 0 Å². The molecule has 0 aliphatic heterocycles. The fourth-order valence-electron chi connectivity index (χ4n) is 0.601. The van der Waals surface area contributed by atoms with Crippen LogP contribution in [0.1, 0.15) is 17.7 Å². The molecule has 0 unspecified atom stereocenters. The lowest BCUT2D eigenvalue weighted by molar-refractivity contribution is 0.151. The summed E-state index contributed by atoms with van der Waals surface area (Å²) in [6.45, 7) is 0. The van der Waals surface area contributed by atoms with E-state index in [1.165, 1.54) is 12.1 Å². The smallest absolute Gasteiger partial charge is 0.245 e. The Kier molecular flexibility index (Phi) is 2.12. The van der Waals surface area contributed by atoms with Crippen molar-refractivity contribution in [2.75, 3.05) is 0 Å². The summed E-state index contributed by atoms with van der Waals surface area (Å²) in [5, 5.41) is 8.27. The number of hydrogen-bond acceptors (Lipinski definition) is 2. The largest absolute Gasteiger partial charge is 0.265 e. The van der Waals surface area contributed by atoms with Gasteiger partial charge in [0.15, 0.2) is 0 Å². The Morgan fingerprint density at radius 1 is 1.45 bits per heavy atom. The van der Waals surface area contributed by atoms with Crippen LogP contribution in [0.15, 0.2) is 18.3 Å². The normalized spacial score (nSPS) is 9.64. The van der Waals surface area contributed by atoms with Crippen molar-refractivity contribution in [2.24, 2.45) is 0 Å². The molecule has 0 saturated carbocycles. The molecule has 1 aromatic heterocycles. The SMILES string of the molecule is N#Cc1ccc(C(F)F)cn1. The molecular formula is C7H4F2N2. The van der Waals surface area contributed by atoms with Crippen LogP contribution in [0.3, 0.4) is 0 Å². The molecule has 0 spiro atoms. The lowest BCUT2D eigenvalue weighted by Crippen LogP contribution is -1.87. The third-order valence-electron chi connectivity index (χ3n) is 1.15. The minimum atomic E-state index is -2.52. The topological polar surface area (TPSA) is 36.7 Å². The minimum Gasteiger partial charge on any atom is -0.245 e. The molecule has 1 aromatic rings. The standard InChI is InChI=1S/C7H4F2N2/c8-7(9)5-1-2-6(3-10)11-4-5/h1-2,4,7H. The molecule has 0 aromatic carbocycles. The molecule has 1 heterocycles. The second-order valence-corrected chi connectivity index (χ2v) is 1.89. The minimum absolute atomic E-state index is 0.148. The Morgan fingerprint density at radius 3 is 2.55 bits per heavy atom. The highest BCUT2D eigenvalue weighted by Crippen LogP contribution is 2.16. The molecule has 0 atom stereocenters. The number of halogens is 2. The molecule has 0 amide bonds. The molecule has 2 nitrogen and oxygen atoms in total. The fraction of sp³-hybridized carbons (Fsp3) is 0.143. The van der Waals surface area contributed by atoms with E-state index in [2.05, 4.69) is 4.98 Å². The molecule has 0 N–H and O–H groups in total. The zero-order valence-electron chi connectivity index (χ0n) is 5.46. The zero-order chi connectivity index (χ0) is 8.27. The number of nitriles is 1. The monoisotopic (exact) mass is 154 g/mol. The summed E-state index contributed by atoms with van der Waals surface area (Å²) in [6, 6.07) is 4.19. The molecule has 0 aliphatic carbocycles. The Morgan fingerprint density at radius 2 is 2.18 bits per heavy atom. The fourth-order valence-corrected chi connectivity index (χ4v) is 0.601. The van der Waals surface area contributed by atoms with Crippen molar-refractivity contribution in [3.63, 3.8) is 0 Å². The third kappa shape index (κ3) is 1.71. The summed E-state index contributed by atoms with van der Waals surface area (Å²) in [4.78, 5) is 3.48. The van der Waals surface area contributed by atoms with E-state index in [0.29, 0.717) is 0 Å². The summed E-state index contributed by atoms with van der Waals surface area (Å²) < 4.78 is 23.8. The van der Waals surface area contributed by atoms with Crippen molar-refractivity contribution in [1.29, 1.82) is 5.26 Å². The first kappa shape index (κ1) is 7.61. The van der Waals surface area contributed by atoms with Crippen LogP contribution in [0.2, 0.25) is 0 Å². The number of nitrogens with zero attached hydrogens (tertiary/aromatic N) is 2. The summed E-state index contributed by atoms with van der Waals surface area (Å²) >= 11 is 0.